The van der Waals surface area contributed by atoms with Gasteiger partial charge in [0, 0.05) is 17.2 Å². The van der Waals surface area contributed by atoms with Crippen LogP contribution in [-0.4, -0.2) is 37.1 Å². The molecule has 1 fully saturated rings. The molecule has 0 saturated heterocycles. The first-order chi connectivity index (χ1) is 13.8. The molecule has 0 radical (unpaired) electrons. The van der Waals surface area contributed by atoms with Crippen molar-refractivity contribution in [1.29, 1.82) is 0 Å². The molecule has 2 unspecified atom stereocenters. The van der Waals surface area contributed by atoms with Crippen LogP contribution in [0.5, 0.6) is 11.5 Å². The number of anilines is 2. The van der Waals surface area contributed by atoms with Gasteiger partial charge < -0.3 is 25.2 Å². The molecular weight excluding hydrogens is 376 g/mol. The molecule has 0 aromatic heterocycles. The van der Waals surface area contributed by atoms with Gasteiger partial charge in [-0.2, -0.15) is 0 Å². The summed E-state index contributed by atoms with van der Waals surface area (Å²) >= 11 is 0. The van der Waals surface area contributed by atoms with E-state index in [9.17, 15) is 19.5 Å². The number of carboxylic acids is 1. The second-order valence-electron chi connectivity index (χ2n) is 6.91. The lowest BCUT2D eigenvalue weighted by atomic mass is 10.1. The molecule has 2 aromatic rings. The van der Waals surface area contributed by atoms with Crippen molar-refractivity contribution < 1.29 is 29.0 Å². The fourth-order valence-corrected chi connectivity index (χ4v) is 3.04. The lowest BCUT2D eigenvalue weighted by Crippen LogP contribution is -2.16. The summed E-state index contributed by atoms with van der Waals surface area (Å²) in [6.07, 6.45) is 0.869. The van der Waals surface area contributed by atoms with Crippen molar-refractivity contribution >= 4 is 29.2 Å². The van der Waals surface area contributed by atoms with E-state index in [0.29, 0.717) is 17.2 Å². The Morgan fingerprint density at radius 3 is 2.34 bits per heavy atom. The van der Waals surface area contributed by atoms with Crippen molar-refractivity contribution in [2.45, 2.75) is 13.3 Å². The highest BCUT2D eigenvalue weighted by Crippen LogP contribution is 2.39. The first-order valence-electron chi connectivity index (χ1n) is 9.05. The Morgan fingerprint density at radius 1 is 1.03 bits per heavy atom. The Labute approximate surface area is 167 Å². The molecule has 8 heteroatoms. The molecule has 152 valence electrons. The summed E-state index contributed by atoms with van der Waals surface area (Å²) < 4.78 is 10.4. The van der Waals surface area contributed by atoms with E-state index in [1.165, 1.54) is 26.4 Å². The van der Waals surface area contributed by atoms with Crippen LogP contribution in [0.25, 0.3) is 0 Å². The highest BCUT2D eigenvalue weighted by Gasteiger charge is 2.39. The van der Waals surface area contributed by atoms with Gasteiger partial charge in [-0.1, -0.05) is 13.0 Å². The molecule has 0 spiro atoms. The minimum Gasteiger partial charge on any atom is -0.493 e. The highest BCUT2D eigenvalue weighted by molar-refractivity contribution is 6.07. The Bertz CT molecular complexity index is 972. The Morgan fingerprint density at radius 2 is 1.76 bits per heavy atom. The van der Waals surface area contributed by atoms with E-state index in [1.807, 2.05) is 6.92 Å². The second kappa shape index (κ2) is 8.22. The lowest BCUT2D eigenvalue weighted by molar-refractivity contribution is -0.117. The van der Waals surface area contributed by atoms with Crippen molar-refractivity contribution in [2.24, 2.45) is 11.8 Å². The Hall–Kier alpha value is -3.55. The normalized spacial score (nSPS) is 17.2. The zero-order valence-corrected chi connectivity index (χ0v) is 16.3. The van der Waals surface area contributed by atoms with Crippen molar-refractivity contribution in [3.05, 3.63) is 47.5 Å². The predicted molar refractivity (Wildman–Crippen MR) is 107 cm³/mol. The third-order valence-corrected chi connectivity index (χ3v) is 4.81. The fourth-order valence-electron chi connectivity index (χ4n) is 3.04. The molecule has 8 nitrogen and oxygen atoms in total. The molecular formula is C21H22N2O6. The third kappa shape index (κ3) is 4.48. The molecule has 2 amide bonds. The summed E-state index contributed by atoms with van der Waals surface area (Å²) in [7, 11) is 2.77. The monoisotopic (exact) mass is 398 g/mol. The number of benzene rings is 2. The van der Waals surface area contributed by atoms with Gasteiger partial charge in [0.1, 0.15) is 0 Å². The first-order valence-corrected chi connectivity index (χ1v) is 9.05. The van der Waals surface area contributed by atoms with Gasteiger partial charge in [0.25, 0.3) is 5.91 Å². The average Bonchev–Trinajstić information content (AvgIpc) is 3.44. The summed E-state index contributed by atoms with van der Waals surface area (Å²) in [5.41, 5.74) is 0.923. The van der Waals surface area contributed by atoms with Gasteiger partial charge in [0.2, 0.25) is 5.91 Å². The van der Waals surface area contributed by atoms with Crippen LogP contribution in [0.3, 0.4) is 0 Å². The first kappa shape index (κ1) is 20.2. The van der Waals surface area contributed by atoms with E-state index in [1.54, 1.807) is 24.3 Å². The van der Waals surface area contributed by atoms with Gasteiger partial charge >= 0.3 is 5.97 Å². The molecule has 1 saturated carbocycles. The van der Waals surface area contributed by atoms with Gasteiger partial charge in [-0.15, -0.1) is 0 Å². The molecule has 3 rings (SSSR count). The molecule has 1 aliphatic rings. The van der Waals surface area contributed by atoms with Gasteiger partial charge in [-0.25, -0.2) is 4.79 Å². The van der Waals surface area contributed by atoms with Crippen molar-refractivity contribution in [1.82, 2.24) is 0 Å². The predicted octanol–water partition coefficient (Wildman–Crippen LogP) is 3.25. The summed E-state index contributed by atoms with van der Waals surface area (Å²) in [5, 5.41) is 14.8. The number of methoxy groups -OCH3 is 2. The number of ether oxygens (including phenoxy) is 2. The quantitative estimate of drug-likeness (QED) is 0.660. The summed E-state index contributed by atoms with van der Waals surface area (Å²) in [5.74, 6) is -0.923. The maximum Gasteiger partial charge on any atom is 0.335 e. The number of amides is 2. The maximum absolute atomic E-state index is 12.7. The van der Waals surface area contributed by atoms with E-state index >= 15 is 0 Å². The zero-order chi connectivity index (χ0) is 21.1. The van der Waals surface area contributed by atoms with Crippen LogP contribution in [0.15, 0.2) is 36.4 Å². The number of aromatic carboxylic acids is 1. The van der Waals surface area contributed by atoms with E-state index in [4.69, 9.17) is 9.47 Å². The van der Waals surface area contributed by atoms with E-state index < -0.39 is 11.9 Å². The number of hydrogen-bond donors (Lipinski definition) is 3. The topological polar surface area (TPSA) is 114 Å². The smallest absolute Gasteiger partial charge is 0.335 e. The SMILES string of the molecule is COc1cc(C(=O)O)cc(NC(=O)c2cccc(NC(=O)C3CC3C)c2)c1OC. The van der Waals surface area contributed by atoms with Crippen LogP contribution in [0.4, 0.5) is 11.4 Å². The van der Waals surface area contributed by atoms with E-state index in [2.05, 4.69) is 10.6 Å². The Balaban J connectivity index is 1.83. The summed E-state index contributed by atoms with van der Waals surface area (Å²) in [4.78, 5) is 36.2. The average molecular weight is 398 g/mol. The van der Waals surface area contributed by atoms with Gasteiger partial charge in [0.15, 0.2) is 11.5 Å². The summed E-state index contributed by atoms with van der Waals surface area (Å²) in [6, 6.07) is 9.12. The molecule has 2 atom stereocenters. The largest absolute Gasteiger partial charge is 0.493 e. The Kier molecular flexibility index (Phi) is 5.72. The van der Waals surface area contributed by atoms with E-state index in [-0.39, 0.29) is 34.6 Å². The number of carbonyl (C=O) groups is 3. The lowest BCUT2D eigenvalue weighted by Gasteiger charge is -2.15. The van der Waals surface area contributed by atoms with Gasteiger partial charge in [0.05, 0.1) is 25.5 Å². The standard InChI is InChI=1S/C21H22N2O6/c1-11-7-15(11)20(25)22-14-6-4-5-12(8-14)19(24)23-16-9-13(21(26)27)10-17(28-2)18(16)29-3/h4-6,8-11,15H,7H2,1-3H3,(H,22,25)(H,23,24)(H,26,27). The van der Waals surface area contributed by atoms with Crippen LogP contribution in [-0.2, 0) is 4.79 Å². The number of carbonyl (C=O) groups excluding carboxylic acids is 2. The van der Waals surface area contributed by atoms with Crippen molar-refractivity contribution in [2.75, 3.05) is 24.9 Å². The highest BCUT2D eigenvalue weighted by atomic mass is 16.5. The third-order valence-electron chi connectivity index (χ3n) is 4.81. The van der Waals surface area contributed by atoms with Crippen LogP contribution in [0, 0.1) is 11.8 Å². The van der Waals surface area contributed by atoms with Crippen molar-refractivity contribution in [3.8, 4) is 11.5 Å². The molecule has 29 heavy (non-hydrogen) atoms. The maximum atomic E-state index is 12.7. The molecule has 0 aliphatic heterocycles. The summed E-state index contributed by atoms with van der Waals surface area (Å²) in [6.45, 7) is 2.01. The molecule has 2 aromatic carbocycles. The van der Waals surface area contributed by atoms with E-state index in [0.717, 1.165) is 6.42 Å². The second-order valence-corrected chi connectivity index (χ2v) is 6.91. The van der Waals surface area contributed by atoms with Gasteiger partial charge in [-0.3, -0.25) is 9.59 Å². The molecule has 3 N–H and O–H groups in total. The van der Waals surface area contributed by atoms with Crippen LogP contribution < -0.4 is 20.1 Å². The number of hydrogen-bond acceptors (Lipinski definition) is 5. The van der Waals surface area contributed by atoms with Crippen LogP contribution in [0.2, 0.25) is 0 Å². The molecule has 1 aliphatic carbocycles. The van der Waals surface area contributed by atoms with Gasteiger partial charge in [-0.05, 0) is 42.7 Å². The van der Waals surface area contributed by atoms with Crippen LogP contribution >= 0.6 is 0 Å². The fraction of sp³-hybridized carbons (Fsp3) is 0.286. The number of nitrogens with one attached hydrogen (secondary N) is 2. The van der Waals surface area contributed by atoms with Crippen LogP contribution in [0.1, 0.15) is 34.1 Å². The minimum absolute atomic E-state index is 0.0166. The zero-order valence-electron chi connectivity index (χ0n) is 16.3. The number of rotatable bonds is 7. The molecule has 0 heterocycles. The number of carboxylic acid groups (broad SMARTS) is 1. The minimum atomic E-state index is -1.17. The molecule has 0 bridgehead atoms. The van der Waals surface area contributed by atoms with Crippen molar-refractivity contribution in [3.63, 3.8) is 0 Å².